The van der Waals surface area contributed by atoms with E-state index in [0.717, 1.165) is 19.5 Å². The lowest BCUT2D eigenvalue weighted by Crippen LogP contribution is -2.50. The zero-order chi connectivity index (χ0) is 12.6. The van der Waals surface area contributed by atoms with Crippen molar-refractivity contribution in [1.82, 2.24) is 5.32 Å². The van der Waals surface area contributed by atoms with Crippen LogP contribution in [0.2, 0.25) is 0 Å². The maximum Gasteiger partial charge on any atom is 0.153 e. The average Bonchev–Trinajstić information content (AvgIpc) is 2.72. The van der Waals surface area contributed by atoms with Gasteiger partial charge in [0.15, 0.2) is 9.84 Å². The molecule has 0 bridgehead atoms. The van der Waals surface area contributed by atoms with Gasteiger partial charge in [0.05, 0.1) is 23.2 Å². The van der Waals surface area contributed by atoms with E-state index in [4.69, 9.17) is 9.47 Å². The van der Waals surface area contributed by atoms with E-state index in [1.54, 1.807) is 0 Å². The van der Waals surface area contributed by atoms with Gasteiger partial charge in [-0.2, -0.15) is 0 Å². The van der Waals surface area contributed by atoms with Crippen molar-refractivity contribution in [3.05, 3.63) is 0 Å². The van der Waals surface area contributed by atoms with E-state index in [0.29, 0.717) is 44.3 Å². The molecule has 2 atom stereocenters. The van der Waals surface area contributed by atoms with Crippen LogP contribution in [0.4, 0.5) is 0 Å². The second kappa shape index (κ2) is 4.74. The molecule has 5 nitrogen and oxygen atoms in total. The summed E-state index contributed by atoms with van der Waals surface area (Å²) in [7, 11) is -2.98. The Hall–Kier alpha value is -0.170. The van der Waals surface area contributed by atoms with Crippen LogP contribution in [0.3, 0.4) is 0 Å². The second-order valence-electron chi connectivity index (χ2n) is 5.80. The Labute approximate surface area is 108 Å². The summed E-state index contributed by atoms with van der Waals surface area (Å²) >= 11 is 0. The van der Waals surface area contributed by atoms with Crippen molar-refractivity contribution in [2.24, 2.45) is 5.92 Å². The van der Waals surface area contributed by atoms with Gasteiger partial charge in [0, 0.05) is 32.7 Å². The summed E-state index contributed by atoms with van der Waals surface area (Å²) in [6, 6.07) is 0. The first kappa shape index (κ1) is 12.8. The third kappa shape index (κ3) is 2.43. The number of nitrogens with one attached hydrogen (secondary N) is 1. The van der Waals surface area contributed by atoms with Crippen LogP contribution >= 0.6 is 0 Å². The Morgan fingerprint density at radius 3 is 2.72 bits per heavy atom. The molecule has 6 heteroatoms. The van der Waals surface area contributed by atoms with Gasteiger partial charge in [0.1, 0.15) is 0 Å². The van der Waals surface area contributed by atoms with Gasteiger partial charge in [0.2, 0.25) is 0 Å². The average molecular weight is 275 g/mol. The highest BCUT2D eigenvalue weighted by Crippen LogP contribution is 2.36. The molecule has 3 aliphatic rings. The molecule has 18 heavy (non-hydrogen) atoms. The quantitative estimate of drug-likeness (QED) is 0.783. The molecule has 0 aromatic heterocycles. The molecule has 0 saturated carbocycles. The minimum Gasteiger partial charge on any atom is -0.378 e. The molecule has 0 aromatic rings. The third-order valence-corrected chi connectivity index (χ3v) is 6.71. The number of rotatable bonds is 3. The summed E-state index contributed by atoms with van der Waals surface area (Å²) < 4.78 is 36.0. The molecule has 3 aliphatic heterocycles. The zero-order valence-electron chi connectivity index (χ0n) is 10.6. The SMILES string of the molecule is O=S(=O)(CC1CNC1)C1CCOC2(CCOC2)C1. The lowest BCUT2D eigenvalue weighted by molar-refractivity contribution is -0.0778. The van der Waals surface area contributed by atoms with Crippen LogP contribution in [0.15, 0.2) is 0 Å². The van der Waals surface area contributed by atoms with Crippen molar-refractivity contribution in [1.29, 1.82) is 0 Å². The molecule has 0 aliphatic carbocycles. The predicted octanol–water partition coefficient (Wildman–Crippen LogP) is -0.0413. The number of hydrogen-bond donors (Lipinski definition) is 1. The van der Waals surface area contributed by atoms with Gasteiger partial charge in [0.25, 0.3) is 0 Å². The first-order chi connectivity index (χ1) is 8.60. The molecular weight excluding hydrogens is 254 g/mol. The monoisotopic (exact) mass is 275 g/mol. The van der Waals surface area contributed by atoms with E-state index >= 15 is 0 Å². The molecule has 1 spiro atoms. The van der Waals surface area contributed by atoms with Gasteiger partial charge in [-0.25, -0.2) is 8.42 Å². The molecule has 3 saturated heterocycles. The zero-order valence-corrected chi connectivity index (χ0v) is 11.4. The van der Waals surface area contributed by atoms with Crippen molar-refractivity contribution in [3.8, 4) is 0 Å². The van der Waals surface area contributed by atoms with E-state index in [1.807, 2.05) is 0 Å². The lowest BCUT2D eigenvalue weighted by Gasteiger charge is -2.37. The maximum atomic E-state index is 12.4. The summed E-state index contributed by atoms with van der Waals surface area (Å²) in [5.41, 5.74) is -0.312. The molecule has 104 valence electrons. The van der Waals surface area contributed by atoms with Crippen LogP contribution in [0.1, 0.15) is 19.3 Å². The van der Waals surface area contributed by atoms with Crippen molar-refractivity contribution in [2.45, 2.75) is 30.1 Å². The fraction of sp³-hybridized carbons (Fsp3) is 1.00. The van der Waals surface area contributed by atoms with Crippen LogP contribution in [0.5, 0.6) is 0 Å². The topological polar surface area (TPSA) is 64.6 Å². The second-order valence-corrected chi connectivity index (χ2v) is 8.13. The highest BCUT2D eigenvalue weighted by molar-refractivity contribution is 7.92. The van der Waals surface area contributed by atoms with E-state index in [-0.39, 0.29) is 10.9 Å². The summed E-state index contributed by atoms with van der Waals surface area (Å²) in [6.45, 7) is 3.49. The van der Waals surface area contributed by atoms with Crippen LogP contribution in [0, 0.1) is 5.92 Å². The van der Waals surface area contributed by atoms with Gasteiger partial charge >= 0.3 is 0 Å². The van der Waals surface area contributed by atoms with Crippen molar-refractivity contribution >= 4 is 9.84 Å². The number of ether oxygens (including phenoxy) is 2. The predicted molar refractivity (Wildman–Crippen MR) is 67.3 cm³/mol. The molecule has 0 radical (unpaired) electrons. The van der Waals surface area contributed by atoms with E-state index in [9.17, 15) is 8.42 Å². The van der Waals surface area contributed by atoms with Crippen LogP contribution in [-0.4, -0.2) is 57.9 Å². The smallest absolute Gasteiger partial charge is 0.153 e. The standard InChI is InChI=1S/C12H21NO4S/c14-18(15,8-10-6-13-7-10)11-1-3-17-12(5-11)2-4-16-9-12/h10-11,13H,1-9H2. The van der Waals surface area contributed by atoms with Crippen LogP contribution < -0.4 is 5.32 Å². The molecule has 3 fully saturated rings. The summed E-state index contributed by atoms with van der Waals surface area (Å²) in [5.74, 6) is 0.648. The number of sulfone groups is 1. The molecular formula is C12H21NO4S. The van der Waals surface area contributed by atoms with Gasteiger partial charge in [-0.3, -0.25) is 0 Å². The minimum atomic E-state index is -2.98. The van der Waals surface area contributed by atoms with Crippen LogP contribution in [0.25, 0.3) is 0 Å². The largest absolute Gasteiger partial charge is 0.378 e. The Bertz CT molecular complexity index is 398. The summed E-state index contributed by atoms with van der Waals surface area (Å²) in [6.07, 6.45) is 2.10. The molecule has 2 unspecified atom stereocenters. The fourth-order valence-corrected chi connectivity index (χ4v) is 5.26. The Balaban J connectivity index is 1.67. The maximum absolute atomic E-state index is 12.4. The molecule has 0 aromatic carbocycles. The highest BCUT2D eigenvalue weighted by atomic mass is 32.2. The molecule has 0 amide bonds. The third-order valence-electron chi connectivity index (χ3n) is 4.36. The van der Waals surface area contributed by atoms with E-state index in [1.165, 1.54) is 0 Å². The normalized spacial score (nSPS) is 37.9. The first-order valence-corrected chi connectivity index (χ1v) is 8.45. The van der Waals surface area contributed by atoms with Crippen LogP contribution in [-0.2, 0) is 19.3 Å². The minimum absolute atomic E-state index is 0.228. The molecule has 3 rings (SSSR count). The summed E-state index contributed by atoms with van der Waals surface area (Å²) in [5, 5.41) is 2.90. The van der Waals surface area contributed by atoms with Gasteiger partial charge < -0.3 is 14.8 Å². The molecule has 3 heterocycles. The van der Waals surface area contributed by atoms with Gasteiger partial charge in [-0.1, -0.05) is 0 Å². The van der Waals surface area contributed by atoms with E-state index in [2.05, 4.69) is 5.32 Å². The first-order valence-electron chi connectivity index (χ1n) is 6.74. The van der Waals surface area contributed by atoms with Crippen molar-refractivity contribution in [2.75, 3.05) is 38.7 Å². The molecule has 1 N–H and O–H groups in total. The lowest BCUT2D eigenvalue weighted by atomic mass is 9.93. The Morgan fingerprint density at radius 2 is 2.11 bits per heavy atom. The fourth-order valence-electron chi connectivity index (χ4n) is 3.08. The van der Waals surface area contributed by atoms with E-state index < -0.39 is 9.84 Å². The number of hydrogen-bond acceptors (Lipinski definition) is 5. The van der Waals surface area contributed by atoms with Crippen molar-refractivity contribution in [3.63, 3.8) is 0 Å². The van der Waals surface area contributed by atoms with Gasteiger partial charge in [-0.15, -0.1) is 0 Å². The van der Waals surface area contributed by atoms with Gasteiger partial charge in [-0.05, 0) is 18.8 Å². The summed E-state index contributed by atoms with van der Waals surface area (Å²) in [4.78, 5) is 0. The Morgan fingerprint density at radius 1 is 1.28 bits per heavy atom. The highest BCUT2D eigenvalue weighted by Gasteiger charge is 2.45. The Kier molecular flexibility index (Phi) is 3.38. The van der Waals surface area contributed by atoms with Crippen molar-refractivity contribution < 1.29 is 17.9 Å².